The Morgan fingerprint density at radius 1 is 1.07 bits per heavy atom. The molecule has 0 radical (unpaired) electrons. The number of hydrogen-bond donors (Lipinski definition) is 0. The summed E-state index contributed by atoms with van der Waals surface area (Å²) in [5.41, 5.74) is 0.985. The second-order valence-electron chi connectivity index (χ2n) is 7.39. The van der Waals surface area contributed by atoms with Crippen LogP contribution in [0, 0.1) is 5.82 Å². The highest BCUT2D eigenvalue weighted by Gasteiger charge is 2.30. The van der Waals surface area contributed by atoms with Crippen LogP contribution in [0.4, 0.5) is 10.1 Å². The number of benzene rings is 1. The number of anilines is 1. The van der Waals surface area contributed by atoms with Gasteiger partial charge in [0.1, 0.15) is 11.9 Å². The van der Waals surface area contributed by atoms with Crippen molar-refractivity contribution in [3.63, 3.8) is 0 Å². The van der Waals surface area contributed by atoms with Gasteiger partial charge < -0.3 is 14.5 Å². The smallest absolute Gasteiger partial charge is 0.323 e. The molecule has 1 aromatic carbocycles. The lowest BCUT2D eigenvalue weighted by molar-refractivity contribution is -0.151. The Bertz CT molecular complexity index is 659. The van der Waals surface area contributed by atoms with Gasteiger partial charge >= 0.3 is 5.97 Å². The van der Waals surface area contributed by atoms with Crippen LogP contribution in [0.3, 0.4) is 0 Å². The van der Waals surface area contributed by atoms with Crippen molar-refractivity contribution in [2.75, 3.05) is 50.8 Å². The minimum absolute atomic E-state index is 0.131. The lowest BCUT2D eigenvalue weighted by Crippen LogP contribution is -2.50. The standard InChI is InChI=1S/C21H30FN3O3/c1-2-28-21(27)19-5-3-4-11-24(19)12-10-20(26)25-15-13-23(14-16-25)18-8-6-17(22)7-9-18/h6-9,19H,2-5,10-16H2,1H3. The van der Waals surface area contributed by atoms with E-state index in [1.807, 2.05) is 11.8 Å². The number of piperidine rings is 1. The molecular weight excluding hydrogens is 361 g/mol. The van der Waals surface area contributed by atoms with E-state index in [0.717, 1.165) is 44.6 Å². The van der Waals surface area contributed by atoms with Gasteiger partial charge in [-0.15, -0.1) is 0 Å². The Morgan fingerprint density at radius 3 is 2.46 bits per heavy atom. The molecule has 0 aliphatic carbocycles. The monoisotopic (exact) mass is 391 g/mol. The maximum atomic E-state index is 13.1. The number of carbonyl (C=O) groups is 2. The number of halogens is 1. The third-order valence-corrected chi connectivity index (χ3v) is 5.61. The maximum Gasteiger partial charge on any atom is 0.323 e. The first-order valence-corrected chi connectivity index (χ1v) is 10.3. The van der Waals surface area contributed by atoms with Crippen molar-refractivity contribution in [2.24, 2.45) is 0 Å². The van der Waals surface area contributed by atoms with Gasteiger partial charge in [-0.25, -0.2) is 4.39 Å². The highest BCUT2D eigenvalue weighted by molar-refractivity contribution is 5.78. The van der Waals surface area contributed by atoms with Gasteiger partial charge in [0, 0.05) is 44.8 Å². The topological polar surface area (TPSA) is 53.1 Å². The molecule has 1 aromatic rings. The van der Waals surface area contributed by atoms with E-state index in [1.54, 1.807) is 12.1 Å². The van der Waals surface area contributed by atoms with Crippen LogP contribution in [0.1, 0.15) is 32.6 Å². The summed E-state index contributed by atoms with van der Waals surface area (Å²) >= 11 is 0. The Labute approximate surface area is 166 Å². The van der Waals surface area contributed by atoms with Gasteiger partial charge in [-0.3, -0.25) is 14.5 Å². The van der Waals surface area contributed by atoms with E-state index >= 15 is 0 Å². The van der Waals surface area contributed by atoms with E-state index in [-0.39, 0.29) is 23.7 Å². The van der Waals surface area contributed by atoms with Crippen LogP contribution in [0.25, 0.3) is 0 Å². The van der Waals surface area contributed by atoms with Crippen LogP contribution in [0.5, 0.6) is 0 Å². The highest BCUT2D eigenvalue weighted by atomic mass is 19.1. The van der Waals surface area contributed by atoms with Crippen molar-refractivity contribution in [2.45, 2.75) is 38.6 Å². The summed E-state index contributed by atoms with van der Waals surface area (Å²) < 4.78 is 18.3. The lowest BCUT2D eigenvalue weighted by atomic mass is 10.0. The minimum atomic E-state index is -0.239. The van der Waals surface area contributed by atoms with Crippen LogP contribution < -0.4 is 4.90 Å². The highest BCUT2D eigenvalue weighted by Crippen LogP contribution is 2.20. The molecule has 0 aromatic heterocycles. The van der Waals surface area contributed by atoms with E-state index in [1.165, 1.54) is 12.1 Å². The van der Waals surface area contributed by atoms with Crippen LogP contribution >= 0.6 is 0 Å². The SMILES string of the molecule is CCOC(=O)C1CCCCN1CCC(=O)N1CCN(c2ccc(F)cc2)CC1. The van der Waals surface area contributed by atoms with Crippen LogP contribution in [-0.2, 0) is 14.3 Å². The molecule has 0 spiro atoms. The number of carbonyl (C=O) groups excluding carboxylic acids is 2. The number of piperazine rings is 1. The van der Waals surface area contributed by atoms with E-state index in [2.05, 4.69) is 9.80 Å². The molecule has 0 bridgehead atoms. The van der Waals surface area contributed by atoms with Gasteiger partial charge in [0.05, 0.1) is 6.61 Å². The average Bonchev–Trinajstić information content (AvgIpc) is 2.73. The van der Waals surface area contributed by atoms with Crippen molar-refractivity contribution in [3.8, 4) is 0 Å². The molecule has 3 rings (SSSR count). The predicted molar refractivity (Wildman–Crippen MR) is 106 cm³/mol. The molecule has 2 aliphatic rings. The molecule has 0 saturated carbocycles. The third-order valence-electron chi connectivity index (χ3n) is 5.61. The third kappa shape index (κ3) is 5.22. The summed E-state index contributed by atoms with van der Waals surface area (Å²) in [6.07, 6.45) is 3.32. The Morgan fingerprint density at radius 2 is 1.79 bits per heavy atom. The number of likely N-dealkylation sites (tertiary alicyclic amines) is 1. The zero-order valence-electron chi connectivity index (χ0n) is 16.6. The normalized spacial score (nSPS) is 20.9. The minimum Gasteiger partial charge on any atom is -0.465 e. The first kappa shape index (κ1) is 20.6. The maximum absolute atomic E-state index is 13.1. The summed E-state index contributed by atoms with van der Waals surface area (Å²) in [5, 5.41) is 0. The molecule has 2 aliphatic heterocycles. The summed E-state index contributed by atoms with van der Waals surface area (Å²) in [6, 6.07) is 6.27. The Balaban J connectivity index is 1.46. The van der Waals surface area contributed by atoms with Gasteiger partial charge in [0.15, 0.2) is 0 Å². The fourth-order valence-corrected chi connectivity index (χ4v) is 4.03. The predicted octanol–water partition coefficient (Wildman–Crippen LogP) is 2.28. The molecular formula is C21H30FN3O3. The lowest BCUT2D eigenvalue weighted by Gasteiger charge is -2.37. The first-order valence-electron chi connectivity index (χ1n) is 10.3. The zero-order valence-corrected chi connectivity index (χ0v) is 16.6. The summed E-state index contributed by atoms with van der Waals surface area (Å²) in [6.45, 7) is 6.46. The number of amides is 1. The fraction of sp³-hybridized carbons (Fsp3) is 0.619. The molecule has 1 atom stereocenters. The Kier molecular flexibility index (Phi) is 7.25. The van der Waals surface area contributed by atoms with Gasteiger partial charge in [0.25, 0.3) is 0 Å². The van der Waals surface area contributed by atoms with Crippen molar-refractivity contribution in [1.29, 1.82) is 0 Å². The van der Waals surface area contributed by atoms with Crippen molar-refractivity contribution < 1.29 is 18.7 Å². The largest absolute Gasteiger partial charge is 0.465 e. The Hall–Kier alpha value is -2.15. The molecule has 154 valence electrons. The van der Waals surface area contributed by atoms with E-state index < -0.39 is 0 Å². The van der Waals surface area contributed by atoms with Crippen molar-refractivity contribution in [1.82, 2.24) is 9.80 Å². The van der Waals surface area contributed by atoms with E-state index in [0.29, 0.717) is 32.7 Å². The molecule has 2 saturated heterocycles. The number of esters is 1. The van der Waals surface area contributed by atoms with Crippen molar-refractivity contribution in [3.05, 3.63) is 30.1 Å². The van der Waals surface area contributed by atoms with Gasteiger partial charge in [-0.2, -0.15) is 0 Å². The van der Waals surface area contributed by atoms with E-state index in [9.17, 15) is 14.0 Å². The van der Waals surface area contributed by atoms with Gasteiger partial charge in [-0.1, -0.05) is 6.42 Å². The van der Waals surface area contributed by atoms with Crippen molar-refractivity contribution >= 4 is 17.6 Å². The molecule has 2 fully saturated rings. The van der Waals surface area contributed by atoms with Crippen LogP contribution in [-0.4, -0.2) is 73.6 Å². The van der Waals surface area contributed by atoms with Gasteiger partial charge in [0.2, 0.25) is 5.91 Å². The van der Waals surface area contributed by atoms with Crippen LogP contribution in [0.15, 0.2) is 24.3 Å². The van der Waals surface area contributed by atoms with Crippen LogP contribution in [0.2, 0.25) is 0 Å². The summed E-state index contributed by atoms with van der Waals surface area (Å²) in [4.78, 5) is 31.0. The zero-order chi connectivity index (χ0) is 19.9. The molecule has 1 amide bonds. The summed E-state index contributed by atoms with van der Waals surface area (Å²) in [7, 11) is 0. The number of hydrogen-bond acceptors (Lipinski definition) is 5. The number of ether oxygens (including phenoxy) is 1. The summed E-state index contributed by atoms with van der Waals surface area (Å²) in [5.74, 6) is -0.272. The molecule has 1 unspecified atom stereocenters. The molecule has 28 heavy (non-hydrogen) atoms. The second-order valence-corrected chi connectivity index (χ2v) is 7.39. The molecule has 7 heteroatoms. The number of rotatable bonds is 6. The second kappa shape index (κ2) is 9.87. The van der Waals surface area contributed by atoms with Gasteiger partial charge in [-0.05, 0) is 50.6 Å². The molecule has 0 N–H and O–H groups in total. The van der Waals surface area contributed by atoms with E-state index in [4.69, 9.17) is 4.74 Å². The molecule has 2 heterocycles. The average molecular weight is 391 g/mol. The fourth-order valence-electron chi connectivity index (χ4n) is 4.03. The first-order chi connectivity index (χ1) is 13.6. The quantitative estimate of drug-likeness (QED) is 0.697. The number of nitrogens with zero attached hydrogens (tertiary/aromatic N) is 3. The molecule has 6 nitrogen and oxygen atoms in total.